The van der Waals surface area contributed by atoms with Crippen molar-refractivity contribution >= 4 is 34.8 Å². The number of hydrogen-bond acceptors (Lipinski definition) is 3. The predicted octanol–water partition coefficient (Wildman–Crippen LogP) is 4.18. The Kier molecular flexibility index (Phi) is 5.34. The molecule has 8 heteroatoms. The van der Waals surface area contributed by atoms with Crippen molar-refractivity contribution in [1.82, 2.24) is 4.98 Å². The first-order valence-electron chi connectivity index (χ1n) is 5.24. The van der Waals surface area contributed by atoms with Gasteiger partial charge in [0.2, 0.25) is 0 Å². The number of rotatable bonds is 5. The van der Waals surface area contributed by atoms with Gasteiger partial charge in [-0.1, -0.05) is 23.2 Å². The van der Waals surface area contributed by atoms with Crippen LogP contribution in [0.15, 0.2) is 6.07 Å². The molecule has 0 spiro atoms. The summed E-state index contributed by atoms with van der Waals surface area (Å²) in [7, 11) is 0. The Morgan fingerprint density at radius 3 is 2.22 bits per heavy atom. The Balaban J connectivity index is 2.73. The summed E-state index contributed by atoms with van der Waals surface area (Å²) in [5.41, 5.74) is 0. The van der Waals surface area contributed by atoms with Crippen molar-refractivity contribution in [2.45, 2.75) is 19.5 Å². The third-order valence-corrected chi connectivity index (χ3v) is 2.55. The molecule has 1 aromatic heterocycles. The van der Waals surface area contributed by atoms with E-state index in [0.717, 1.165) is 0 Å². The molecule has 3 nitrogen and oxygen atoms in total. The molecule has 18 heavy (non-hydrogen) atoms. The molecule has 0 saturated heterocycles. The fraction of sp³-hybridized carbons (Fsp3) is 0.500. The van der Waals surface area contributed by atoms with E-state index in [0.29, 0.717) is 17.4 Å². The van der Waals surface area contributed by atoms with Gasteiger partial charge in [0.15, 0.2) is 0 Å². The van der Waals surface area contributed by atoms with Gasteiger partial charge in [-0.25, -0.2) is 4.98 Å². The third-order valence-electron chi connectivity index (χ3n) is 1.97. The molecule has 0 aliphatic heterocycles. The smallest absolute Gasteiger partial charge is 0.369 e. The number of anilines is 2. The van der Waals surface area contributed by atoms with Gasteiger partial charge in [-0.2, -0.15) is 13.2 Å². The van der Waals surface area contributed by atoms with Gasteiger partial charge in [-0.05, 0) is 13.0 Å². The van der Waals surface area contributed by atoms with Crippen LogP contribution in [0.5, 0.6) is 0 Å². The molecule has 0 fully saturated rings. The summed E-state index contributed by atoms with van der Waals surface area (Å²) in [6.07, 6.45) is -5.17. The summed E-state index contributed by atoms with van der Waals surface area (Å²) in [6.45, 7) is 2.16. The van der Waals surface area contributed by atoms with Crippen LogP contribution in [-0.2, 0) is 0 Å². The van der Waals surface area contributed by atoms with E-state index in [-0.39, 0.29) is 17.4 Å². The van der Waals surface area contributed by atoms with Crippen LogP contribution >= 0.6 is 23.2 Å². The molecule has 0 unspecified atom stereocenters. The molecular weight excluding hydrogens is 290 g/mol. The molecule has 1 rings (SSSR count). The molecule has 1 aromatic rings. The quantitative estimate of drug-likeness (QED) is 0.856. The van der Waals surface area contributed by atoms with Crippen molar-refractivity contribution in [2.75, 3.05) is 23.7 Å². The van der Waals surface area contributed by atoms with Gasteiger partial charge < -0.3 is 10.6 Å². The second-order valence-electron chi connectivity index (χ2n) is 3.47. The van der Waals surface area contributed by atoms with E-state index in [9.17, 15) is 13.2 Å². The first-order chi connectivity index (χ1) is 8.33. The van der Waals surface area contributed by atoms with Crippen LogP contribution in [0.1, 0.15) is 13.3 Å². The van der Waals surface area contributed by atoms with Gasteiger partial charge in [0.05, 0.1) is 16.5 Å². The van der Waals surface area contributed by atoms with Crippen LogP contribution in [0.25, 0.3) is 0 Å². The molecule has 0 aliphatic carbocycles. The number of pyridine rings is 1. The maximum Gasteiger partial charge on any atom is 0.390 e. The maximum atomic E-state index is 12.0. The molecule has 0 aromatic carbocycles. The number of hydrogen-bond donors (Lipinski definition) is 2. The molecule has 0 amide bonds. The van der Waals surface area contributed by atoms with E-state index < -0.39 is 12.6 Å². The topological polar surface area (TPSA) is 37.0 Å². The van der Waals surface area contributed by atoms with Gasteiger partial charge in [-0.15, -0.1) is 0 Å². The number of aromatic nitrogens is 1. The van der Waals surface area contributed by atoms with Crippen LogP contribution in [0.4, 0.5) is 24.8 Å². The minimum atomic E-state index is -4.21. The van der Waals surface area contributed by atoms with Crippen LogP contribution < -0.4 is 10.6 Å². The Morgan fingerprint density at radius 1 is 1.17 bits per heavy atom. The van der Waals surface area contributed by atoms with E-state index in [1.807, 2.05) is 6.92 Å². The summed E-state index contributed by atoms with van der Waals surface area (Å²) in [4.78, 5) is 4.03. The highest BCUT2D eigenvalue weighted by atomic mass is 35.5. The van der Waals surface area contributed by atoms with Crippen molar-refractivity contribution in [3.8, 4) is 0 Å². The SMILES string of the molecule is CCNc1nc(NCCC(F)(F)F)c(Cl)cc1Cl. The zero-order chi connectivity index (χ0) is 13.8. The Bertz CT molecular complexity index is 410. The lowest BCUT2D eigenvalue weighted by Crippen LogP contribution is -2.15. The second-order valence-corrected chi connectivity index (χ2v) is 4.29. The van der Waals surface area contributed by atoms with Gasteiger partial charge in [-0.3, -0.25) is 0 Å². The number of nitrogens with zero attached hydrogens (tertiary/aromatic N) is 1. The van der Waals surface area contributed by atoms with E-state index in [2.05, 4.69) is 15.6 Å². The van der Waals surface area contributed by atoms with E-state index >= 15 is 0 Å². The monoisotopic (exact) mass is 301 g/mol. The van der Waals surface area contributed by atoms with Crippen molar-refractivity contribution in [2.24, 2.45) is 0 Å². The summed E-state index contributed by atoms with van der Waals surface area (Å²) >= 11 is 11.7. The summed E-state index contributed by atoms with van der Waals surface area (Å²) in [5, 5.41) is 5.93. The lowest BCUT2D eigenvalue weighted by Gasteiger charge is -2.12. The molecular formula is C10H12Cl2F3N3. The maximum absolute atomic E-state index is 12.0. The van der Waals surface area contributed by atoms with Gasteiger partial charge in [0, 0.05) is 13.1 Å². The normalized spacial score (nSPS) is 11.4. The van der Waals surface area contributed by atoms with Gasteiger partial charge >= 0.3 is 6.18 Å². The molecule has 0 saturated carbocycles. The van der Waals surface area contributed by atoms with Crippen molar-refractivity contribution < 1.29 is 13.2 Å². The number of nitrogens with one attached hydrogen (secondary N) is 2. The largest absolute Gasteiger partial charge is 0.390 e. The van der Waals surface area contributed by atoms with E-state index in [1.54, 1.807) is 0 Å². The van der Waals surface area contributed by atoms with Gasteiger partial charge in [0.1, 0.15) is 11.6 Å². The first-order valence-corrected chi connectivity index (χ1v) is 5.99. The summed E-state index contributed by atoms with van der Waals surface area (Å²) < 4.78 is 36.0. The third kappa shape index (κ3) is 4.78. The average Bonchev–Trinajstić information content (AvgIpc) is 2.23. The van der Waals surface area contributed by atoms with Crippen LogP contribution in [0.2, 0.25) is 10.0 Å². The number of alkyl halides is 3. The van der Waals surface area contributed by atoms with E-state index in [4.69, 9.17) is 23.2 Å². The molecule has 0 atom stereocenters. The minimum Gasteiger partial charge on any atom is -0.369 e. The second kappa shape index (κ2) is 6.33. The standard InChI is InChI=1S/C10H12Cl2F3N3/c1-2-16-8-6(11)5-7(12)9(18-8)17-4-3-10(13,14)15/h5H,2-4H2,1H3,(H2,16,17,18). The average molecular weight is 302 g/mol. The van der Waals surface area contributed by atoms with Crippen LogP contribution in [0.3, 0.4) is 0 Å². The van der Waals surface area contributed by atoms with Crippen molar-refractivity contribution in [3.05, 3.63) is 16.1 Å². The van der Waals surface area contributed by atoms with Crippen molar-refractivity contribution in [1.29, 1.82) is 0 Å². The lowest BCUT2D eigenvalue weighted by atomic mass is 10.4. The highest BCUT2D eigenvalue weighted by Gasteiger charge is 2.26. The Morgan fingerprint density at radius 2 is 1.72 bits per heavy atom. The lowest BCUT2D eigenvalue weighted by molar-refractivity contribution is -0.131. The fourth-order valence-corrected chi connectivity index (χ4v) is 1.70. The van der Waals surface area contributed by atoms with Crippen LogP contribution in [-0.4, -0.2) is 24.2 Å². The summed E-state index contributed by atoms with van der Waals surface area (Å²) in [6, 6.07) is 1.43. The minimum absolute atomic E-state index is 0.182. The summed E-state index contributed by atoms with van der Waals surface area (Å²) in [5.74, 6) is 0.569. The number of halogens is 5. The zero-order valence-electron chi connectivity index (χ0n) is 9.54. The Labute approximate surface area is 113 Å². The fourth-order valence-electron chi connectivity index (χ4n) is 1.20. The first kappa shape index (κ1) is 15.2. The Hall–Kier alpha value is -0.880. The van der Waals surface area contributed by atoms with Crippen LogP contribution in [0, 0.1) is 0 Å². The highest BCUT2D eigenvalue weighted by molar-refractivity contribution is 6.37. The van der Waals surface area contributed by atoms with Gasteiger partial charge in [0.25, 0.3) is 0 Å². The molecule has 102 valence electrons. The molecule has 0 aliphatic rings. The molecule has 2 N–H and O–H groups in total. The van der Waals surface area contributed by atoms with E-state index in [1.165, 1.54) is 6.07 Å². The predicted molar refractivity (Wildman–Crippen MR) is 67.6 cm³/mol. The molecule has 0 radical (unpaired) electrons. The van der Waals surface area contributed by atoms with Crippen molar-refractivity contribution in [3.63, 3.8) is 0 Å². The highest BCUT2D eigenvalue weighted by Crippen LogP contribution is 2.29. The molecule has 0 bridgehead atoms. The zero-order valence-corrected chi connectivity index (χ0v) is 11.0. The molecule has 1 heterocycles.